The van der Waals surface area contributed by atoms with Gasteiger partial charge in [-0.15, -0.1) is 0 Å². The Morgan fingerprint density at radius 3 is 0.659 bits per heavy atom. The number of rotatable bonds is 20. The van der Waals surface area contributed by atoms with Crippen LogP contribution in [0.15, 0.2) is 147 Å². The highest BCUT2D eigenvalue weighted by molar-refractivity contribution is 5.90. The summed E-state index contributed by atoms with van der Waals surface area (Å²) in [5, 5.41) is 0. The molecule has 8 aromatic rings. The van der Waals surface area contributed by atoms with Gasteiger partial charge in [-0.05, 0) is 124 Å². The predicted molar refractivity (Wildman–Crippen MR) is 313 cm³/mol. The molecular formula is C68H60N4O16. The fraction of sp³-hybridized carbons (Fsp3) is 0.294. The van der Waals surface area contributed by atoms with Crippen LogP contribution in [0.2, 0.25) is 0 Å². The summed E-state index contributed by atoms with van der Waals surface area (Å²) in [5.74, 6) is 0.386. The standard InChI is InChI=1S/C68H60N4O16/c73-65(41-9-17-69-18-10-41)77-25-1-5-45-49-29-51-46(6-2-26-78-66(74)42-11-19-70-20-12-42)53-31-55-48(8-4-28-80-68(76)44-15-23-72-24-16-44)56-32-54-47(7-3-27-79-67(75)43-13-21-71-22-14-43)52-30-50(45)58-34-60(52)84-39-86-62(54)36-64(56)88-40-87-63(55)35-61(53)85-38-83-59(51)33-57(49)81-37-82-58/h9-24,29-36,45-48H,1-8,25-28,37-40H2. The molecule has 4 aromatic heterocycles. The van der Waals surface area contributed by atoms with E-state index < -0.39 is 47.5 Å². The Balaban J connectivity index is 0.974. The van der Waals surface area contributed by atoms with Gasteiger partial charge in [-0.1, -0.05) is 0 Å². The van der Waals surface area contributed by atoms with Gasteiger partial charge in [0.25, 0.3) is 0 Å². The van der Waals surface area contributed by atoms with Gasteiger partial charge in [0.1, 0.15) is 46.0 Å². The van der Waals surface area contributed by atoms with E-state index in [0.717, 1.165) is 44.5 Å². The molecule has 4 aromatic carbocycles. The number of carbonyl (C=O) groups is 4. The van der Waals surface area contributed by atoms with E-state index in [1.807, 2.05) is 24.3 Å². The zero-order chi connectivity index (χ0) is 59.8. The monoisotopic (exact) mass is 1190 g/mol. The highest BCUT2D eigenvalue weighted by Crippen LogP contribution is 2.55. The minimum Gasteiger partial charge on any atom is -0.462 e. The van der Waals surface area contributed by atoms with Crippen LogP contribution in [0, 0.1) is 0 Å². The predicted octanol–water partition coefficient (Wildman–Crippen LogP) is 11.6. The summed E-state index contributed by atoms with van der Waals surface area (Å²) in [6.07, 6.45) is 15.9. The van der Waals surface area contributed by atoms with Crippen molar-refractivity contribution < 1.29 is 76.0 Å². The number of hydrogen-bond acceptors (Lipinski definition) is 20. The topological polar surface area (TPSA) is 231 Å². The van der Waals surface area contributed by atoms with Crippen LogP contribution in [0.5, 0.6) is 46.0 Å². The molecule has 1 aliphatic carbocycles. The molecule has 0 saturated heterocycles. The van der Waals surface area contributed by atoms with E-state index in [2.05, 4.69) is 44.2 Å². The van der Waals surface area contributed by atoms with Crippen molar-refractivity contribution in [3.05, 3.63) is 213 Å². The quantitative estimate of drug-likeness (QED) is 0.0392. The van der Waals surface area contributed by atoms with Gasteiger partial charge in [0, 0.05) is 142 Å². The van der Waals surface area contributed by atoms with E-state index in [-0.39, 0.29) is 53.6 Å². The molecule has 448 valence electrons. The number of benzene rings is 4. The first-order chi connectivity index (χ1) is 43.3. The van der Waals surface area contributed by atoms with Crippen molar-refractivity contribution in [1.29, 1.82) is 0 Å². The Hall–Kier alpha value is -10.2. The summed E-state index contributed by atoms with van der Waals surface area (Å²) in [4.78, 5) is 69.7. The summed E-state index contributed by atoms with van der Waals surface area (Å²) >= 11 is 0. The van der Waals surface area contributed by atoms with Crippen LogP contribution in [0.1, 0.15) is 161 Å². The van der Waals surface area contributed by atoms with Crippen molar-refractivity contribution >= 4 is 23.9 Å². The molecule has 88 heavy (non-hydrogen) atoms. The van der Waals surface area contributed by atoms with Crippen LogP contribution in [-0.4, -0.2) is 97.4 Å². The Labute approximate surface area is 505 Å². The highest BCUT2D eigenvalue weighted by atomic mass is 16.7. The van der Waals surface area contributed by atoms with Gasteiger partial charge in [0.2, 0.25) is 27.2 Å². The van der Waals surface area contributed by atoms with Crippen LogP contribution >= 0.6 is 0 Å². The largest absolute Gasteiger partial charge is 0.462 e. The average molecular weight is 1190 g/mol. The molecule has 0 fully saturated rings. The molecule has 0 amide bonds. The molecule has 8 heterocycles. The lowest BCUT2D eigenvalue weighted by Gasteiger charge is -2.35. The molecule has 0 radical (unpaired) electrons. The Kier molecular flexibility index (Phi) is 16.9. The van der Waals surface area contributed by atoms with Gasteiger partial charge in [0.05, 0.1) is 48.7 Å². The van der Waals surface area contributed by atoms with Crippen molar-refractivity contribution in [2.24, 2.45) is 0 Å². The molecule has 4 aliphatic heterocycles. The lowest BCUT2D eigenvalue weighted by molar-refractivity contribution is 0.0487. The third kappa shape index (κ3) is 12.3. The number of nitrogens with zero attached hydrogens (tertiary/aromatic N) is 4. The maximum Gasteiger partial charge on any atom is 0.338 e. The smallest absolute Gasteiger partial charge is 0.338 e. The number of aromatic nitrogens is 4. The summed E-state index contributed by atoms with van der Waals surface area (Å²) in [5.41, 5.74) is 8.13. The average Bonchev–Trinajstić information content (AvgIpc) is 1.53. The Bertz CT molecular complexity index is 3250. The SMILES string of the molecule is O=C(OCCCC1c2cc3c4cc2OCOc2cc5c(cc21)C(CCCOC(=O)c1ccncc1)c1cc2c(cc1OCO5)OCOc1cc(c(cc1C2CCCOC(=O)c1ccncc1)C3CCCOC(=O)c1ccncc1)OCO4)c1ccncc1. The van der Waals surface area contributed by atoms with E-state index in [4.69, 9.17) is 56.8 Å². The molecule has 5 aliphatic rings. The minimum absolute atomic E-state index is 0.0952. The Morgan fingerprint density at radius 1 is 0.295 bits per heavy atom. The van der Waals surface area contributed by atoms with Gasteiger partial charge >= 0.3 is 23.9 Å². The van der Waals surface area contributed by atoms with Gasteiger partial charge in [0.15, 0.2) is 0 Å². The lowest BCUT2D eigenvalue weighted by atomic mass is 9.76. The van der Waals surface area contributed by atoms with Crippen molar-refractivity contribution in [2.75, 3.05) is 53.6 Å². The fourth-order valence-corrected chi connectivity index (χ4v) is 12.2. The molecule has 0 spiro atoms. The normalized spacial score (nSPS) is 17.0. The van der Waals surface area contributed by atoms with Crippen LogP contribution in [0.4, 0.5) is 0 Å². The summed E-state index contributed by atoms with van der Waals surface area (Å²) < 4.78 is 76.5. The molecule has 8 bridgehead atoms. The van der Waals surface area contributed by atoms with Crippen LogP contribution in [0.25, 0.3) is 0 Å². The maximum atomic E-state index is 13.4. The lowest BCUT2D eigenvalue weighted by Crippen LogP contribution is -2.23. The van der Waals surface area contributed by atoms with Gasteiger partial charge < -0.3 is 56.8 Å². The van der Waals surface area contributed by atoms with E-state index in [0.29, 0.717) is 120 Å². The number of carbonyl (C=O) groups excluding carboxylic acids is 4. The van der Waals surface area contributed by atoms with Crippen molar-refractivity contribution in [3.8, 4) is 46.0 Å². The molecule has 13 rings (SSSR count). The fourth-order valence-electron chi connectivity index (χ4n) is 12.2. The third-order valence-corrected chi connectivity index (χ3v) is 16.4. The zero-order valence-electron chi connectivity index (χ0n) is 47.8. The summed E-state index contributed by atoms with van der Waals surface area (Å²) in [6.45, 7) is -0.311. The molecule has 0 N–H and O–H groups in total. The highest BCUT2D eigenvalue weighted by Gasteiger charge is 2.38. The van der Waals surface area contributed by atoms with Crippen LogP contribution in [0.3, 0.4) is 0 Å². The second-order valence-electron chi connectivity index (χ2n) is 21.6. The van der Waals surface area contributed by atoms with Gasteiger partial charge in [-0.2, -0.15) is 0 Å². The van der Waals surface area contributed by atoms with E-state index >= 15 is 0 Å². The van der Waals surface area contributed by atoms with Crippen molar-refractivity contribution in [3.63, 3.8) is 0 Å². The number of hydrogen-bond donors (Lipinski definition) is 0. The first kappa shape index (κ1) is 56.9. The van der Waals surface area contributed by atoms with Crippen LogP contribution in [-0.2, 0) is 18.9 Å². The third-order valence-electron chi connectivity index (χ3n) is 16.4. The number of pyridine rings is 4. The van der Waals surface area contributed by atoms with Crippen molar-refractivity contribution in [1.82, 2.24) is 19.9 Å². The van der Waals surface area contributed by atoms with E-state index in [1.54, 1.807) is 98.1 Å². The first-order valence-electron chi connectivity index (χ1n) is 29.3. The molecular weight excluding hydrogens is 1130 g/mol. The van der Waals surface area contributed by atoms with Gasteiger partial charge in [-0.25, -0.2) is 19.2 Å². The number of ether oxygens (including phenoxy) is 12. The summed E-state index contributed by atoms with van der Waals surface area (Å²) in [6, 6.07) is 29.1. The van der Waals surface area contributed by atoms with Crippen LogP contribution < -0.4 is 37.9 Å². The molecule has 20 heteroatoms. The van der Waals surface area contributed by atoms with Crippen molar-refractivity contribution in [2.45, 2.75) is 75.0 Å². The molecule has 0 atom stereocenters. The Morgan fingerprint density at radius 2 is 0.477 bits per heavy atom. The molecule has 20 nitrogen and oxygen atoms in total. The second-order valence-corrected chi connectivity index (χ2v) is 21.6. The van der Waals surface area contributed by atoms with E-state index in [1.165, 1.54) is 0 Å². The molecule has 0 unspecified atom stereocenters. The first-order valence-corrected chi connectivity index (χ1v) is 29.3. The van der Waals surface area contributed by atoms with E-state index in [9.17, 15) is 19.2 Å². The van der Waals surface area contributed by atoms with Gasteiger partial charge in [-0.3, -0.25) is 19.9 Å². The zero-order valence-corrected chi connectivity index (χ0v) is 47.8. The maximum absolute atomic E-state index is 13.4. The summed E-state index contributed by atoms with van der Waals surface area (Å²) in [7, 11) is 0. The molecule has 0 saturated carbocycles. The minimum atomic E-state index is -0.469. The number of esters is 4. The second kappa shape index (κ2) is 26.2.